The summed E-state index contributed by atoms with van der Waals surface area (Å²) < 4.78 is 5.07. The van der Waals surface area contributed by atoms with E-state index >= 15 is 0 Å². The van der Waals surface area contributed by atoms with Gasteiger partial charge in [-0.2, -0.15) is 0 Å². The van der Waals surface area contributed by atoms with E-state index in [1.807, 2.05) is 0 Å². The SMILES string of the molecule is C=C(C)C(=O)OC1CC(=O)C2(CCCCC2)C1=O. The van der Waals surface area contributed by atoms with Gasteiger partial charge in [-0.15, -0.1) is 0 Å². The van der Waals surface area contributed by atoms with Crippen molar-refractivity contribution in [2.24, 2.45) is 5.41 Å². The van der Waals surface area contributed by atoms with Crippen molar-refractivity contribution in [2.45, 2.75) is 51.6 Å². The molecule has 18 heavy (non-hydrogen) atoms. The van der Waals surface area contributed by atoms with Crippen molar-refractivity contribution in [3.63, 3.8) is 0 Å². The third-order valence-corrected chi connectivity index (χ3v) is 3.97. The minimum absolute atomic E-state index is 0.0395. The fourth-order valence-electron chi connectivity index (χ4n) is 2.91. The van der Waals surface area contributed by atoms with Crippen LogP contribution < -0.4 is 0 Å². The first-order chi connectivity index (χ1) is 8.47. The molecule has 0 N–H and O–H groups in total. The third kappa shape index (κ3) is 2.00. The molecular formula is C14H18O4. The highest BCUT2D eigenvalue weighted by molar-refractivity contribution is 6.16. The lowest BCUT2D eigenvalue weighted by Crippen LogP contribution is -2.38. The van der Waals surface area contributed by atoms with Gasteiger partial charge in [-0.3, -0.25) is 9.59 Å². The van der Waals surface area contributed by atoms with E-state index in [4.69, 9.17) is 4.74 Å². The number of esters is 1. The Kier molecular flexibility index (Phi) is 3.37. The number of hydrogen-bond donors (Lipinski definition) is 0. The Morgan fingerprint density at radius 1 is 1.28 bits per heavy atom. The minimum Gasteiger partial charge on any atom is -0.451 e. The summed E-state index contributed by atoms with van der Waals surface area (Å²) in [7, 11) is 0. The summed E-state index contributed by atoms with van der Waals surface area (Å²) in [6.45, 7) is 5.00. The third-order valence-electron chi connectivity index (χ3n) is 3.97. The molecule has 4 nitrogen and oxygen atoms in total. The number of Topliss-reactive ketones (excluding diaryl/α,β-unsaturated/α-hetero) is 2. The van der Waals surface area contributed by atoms with Gasteiger partial charge in [-0.1, -0.05) is 25.8 Å². The number of ether oxygens (including phenoxy) is 1. The highest BCUT2D eigenvalue weighted by Crippen LogP contribution is 2.45. The Morgan fingerprint density at radius 2 is 1.89 bits per heavy atom. The zero-order valence-electron chi connectivity index (χ0n) is 10.7. The average molecular weight is 250 g/mol. The van der Waals surface area contributed by atoms with Crippen LogP contribution in [0.15, 0.2) is 12.2 Å². The van der Waals surface area contributed by atoms with Crippen LogP contribution in [0, 0.1) is 5.41 Å². The van der Waals surface area contributed by atoms with E-state index in [9.17, 15) is 14.4 Å². The topological polar surface area (TPSA) is 60.4 Å². The Hall–Kier alpha value is -1.45. The highest BCUT2D eigenvalue weighted by Gasteiger charge is 2.55. The monoisotopic (exact) mass is 250 g/mol. The molecule has 2 fully saturated rings. The smallest absolute Gasteiger partial charge is 0.333 e. The Balaban J connectivity index is 2.13. The normalized spacial score (nSPS) is 26.4. The molecule has 0 aliphatic heterocycles. The van der Waals surface area contributed by atoms with Crippen LogP contribution in [0.25, 0.3) is 0 Å². The molecule has 0 amide bonds. The van der Waals surface area contributed by atoms with Crippen LogP contribution in [0.5, 0.6) is 0 Å². The summed E-state index contributed by atoms with van der Waals surface area (Å²) in [5.41, 5.74) is -0.599. The van der Waals surface area contributed by atoms with Crippen molar-refractivity contribution in [1.29, 1.82) is 0 Å². The molecule has 0 heterocycles. The van der Waals surface area contributed by atoms with Crippen LogP contribution in [0.1, 0.15) is 45.4 Å². The van der Waals surface area contributed by atoms with Gasteiger partial charge in [0.1, 0.15) is 0 Å². The van der Waals surface area contributed by atoms with E-state index < -0.39 is 17.5 Å². The van der Waals surface area contributed by atoms with Crippen molar-refractivity contribution in [1.82, 2.24) is 0 Å². The molecule has 2 saturated carbocycles. The van der Waals surface area contributed by atoms with E-state index in [1.165, 1.54) is 6.92 Å². The molecule has 1 unspecified atom stereocenters. The maximum atomic E-state index is 12.3. The lowest BCUT2D eigenvalue weighted by molar-refractivity contribution is -0.152. The van der Waals surface area contributed by atoms with Gasteiger partial charge in [0.05, 0.1) is 11.8 Å². The second-order valence-corrected chi connectivity index (χ2v) is 5.31. The first kappa shape index (κ1) is 13.0. The maximum Gasteiger partial charge on any atom is 0.333 e. The standard InChI is InChI=1S/C14H18O4/c1-9(2)13(17)18-10-8-11(15)14(12(10)16)6-4-3-5-7-14/h10H,1,3-8H2,2H3. The summed E-state index contributed by atoms with van der Waals surface area (Å²) in [5, 5.41) is 0. The molecule has 4 heteroatoms. The van der Waals surface area contributed by atoms with Crippen molar-refractivity contribution in [3.05, 3.63) is 12.2 Å². The molecule has 0 aromatic rings. The first-order valence-electron chi connectivity index (χ1n) is 6.41. The summed E-state index contributed by atoms with van der Waals surface area (Å²) in [5.74, 6) is -0.831. The lowest BCUT2D eigenvalue weighted by atomic mass is 9.71. The molecule has 1 spiro atoms. The van der Waals surface area contributed by atoms with Crippen LogP contribution in [0.4, 0.5) is 0 Å². The fourth-order valence-corrected chi connectivity index (χ4v) is 2.91. The number of carbonyl (C=O) groups is 3. The molecule has 0 radical (unpaired) electrons. The molecule has 2 rings (SSSR count). The summed E-state index contributed by atoms with van der Waals surface area (Å²) in [4.78, 5) is 35.8. The summed E-state index contributed by atoms with van der Waals surface area (Å²) in [6.07, 6.45) is 3.25. The predicted molar refractivity (Wildman–Crippen MR) is 64.8 cm³/mol. The predicted octanol–water partition coefficient (Wildman–Crippen LogP) is 1.97. The van der Waals surface area contributed by atoms with E-state index in [2.05, 4.69) is 6.58 Å². The minimum atomic E-state index is -0.889. The van der Waals surface area contributed by atoms with Gasteiger partial charge in [0, 0.05) is 5.57 Å². The fraction of sp³-hybridized carbons (Fsp3) is 0.643. The second kappa shape index (κ2) is 4.67. The van der Waals surface area contributed by atoms with Crippen LogP contribution >= 0.6 is 0 Å². The Labute approximate surface area is 106 Å². The van der Waals surface area contributed by atoms with Gasteiger partial charge < -0.3 is 4.74 Å². The molecule has 0 bridgehead atoms. The van der Waals surface area contributed by atoms with Gasteiger partial charge >= 0.3 is 5.97 Å². The molecule has 2 aliphatic carbocycles. The van der Waals surface area contributed by atoms with Crippen LogP contribution in [0.3, 0.4) is 0 Å². The quantitative estimate of drug-likeness (QED) is 0.427. The molecule has 98 valence electrons. The van der Waals surface area contributed by atoms with E-state index in [0.717, 1.165) is 19.3 Å². The molecule has 0 aromatic heterocycles. The van der Waals surface area contributed by atoms with Crippen molar-refractivity contribution < 1.29 is 19.1 Å². The highest BCUT2D eigenvalue weighted by atomic mass is 16.5. The van der Waals surface area contributed by atoms with E-state index in [-0.39, 0.29) is 23.6 Å². The first-order valence-corrected chi connectivity index (χ1v) is 6.41. The second-order valence-electron chi connectivity index (χ2n) is 5.31. The van der Waals surface area contributed by atoms with Crippen molar-refractivity contribution >= 4 is 17.5 Å². The van der Waals surface area contributed by atoms with Gasteiger partial charge in [-0.05, 0) is 19.8 Å². The van der Waals surface area contributed by atoms with Gasteiger partial charge in [-0.25, -0.2) is 4.79 Å². The van der Waals surface area contributed by atoms with Crippen LogP contribution in [-0.4, -0.2) is 23.6 Å². The average Bonchev–Trinajstić information content (AvgIpc) is 2.56. The summed E-state index contributed by atoms with van der Waals surface area (Å²) >= 11 is 0. The number of carbonyl (C=O) groups excluding carboxylic acids is 3. The van der Waals surface area contributed by atoms with E-state index in [1.54, 1.807) is 0 Å². The largest absolute Gasteiger partial charge is 0.451 e. The molecule has 0 saturated heterocycles. The number of rotatable bonds is 2. The molecule has 0 aromatic carbocycles. The van der Waals surface area contributed by atoms with Crippen molar-refractivity contribution in [2.75, 3.05) is 0 Å². The number of ketones is 2. The summed E-state index contributed by atoms with van der Waals surface area (Å²) in [6, 6.07) is 0. The van der Waals surface area contributed by atoms with Crippen LogP contribution in [0.2, 0.25) is 0 Å². The number of hydrogen-bond acceptors (Lipinski definition) is 4. The van der Waals surface area contributed by atoms with E-state index in [0.29, 0.717) is 12.8 Å². The zero-order chi connectivity index (χ0) is 13.3. The van der Waals surface area contributed by atoms with Crippen molar-refractivity contribution in [3.8, 4) is 0 Å². The molecule has 2 aliphatic rings. The Bertz CT molecular complexity index is 416. The Morgan fingerprint density at radius 3 is 2.44 bits per heavy atom. The van der Waals surface area contributed by atoms with Gasteiger partial charge in [0.2, 0.25) is 0 Å². The van der Waals surface area contributed by atoms with Crippen LogP contribution in [-0.2, 0) is 19.1 Å². The maximum absolute atomic E-state index is 12.3. The van der Waals surface area contributed by atoms with Gasteiger partial charge in [0.25, 0.3) is 0 Å². The van der Waals surface area contributed by atoms with Gasteiger partial charge in [0.15, 0.2) is 17.7 Å². The lowest BCUT2D eigenvalue weighted by Gasteiger charge is -2.29. The molecule has 1 atom stereocenters. The zero-order valence-corrected chi connectivity index (χ0v) is 10.7. The molecular weight excluding hydrogens is 232 g/mol.